The number of amides is 1. The molecule has 2 N–H and O–H groups in total. The third-order valence-corrected chi connectivity index (χ3v) is 5.30. The molecule has 28 heavy (non-hydrogen) atoms. The Morgan fingerprint density at radius 3 is 2.57 bits per heavy atom. The first kappa shape index (κ1) is 17.8. The van der Waals surface area contributed by atoms with Crippen LogP contribution in [-0.2, 0) is 0 Å². The summed E-state index contributed by atoms with van der Waals surface area (Å²) in [6, 6.07) is 21.2. The van der Waals surface area contributed by atoms with Gasteiger partial charge in [-0.1, -0.05) is 23.9 Å². The molecule has 6 nitrogen and oxygen atoms in total. The van der Waals surface area contributed by atoms with Crippen LogP contribution in [0.4, 0.5) is 11.4 Å². The van der Waals surface area contributed by atoms with Crippen molar-refractivity contribution >= 4 is 39.9 Å². The smallest absolute Gasteiger partial charge is 0.269 e. The minimum Gasteiger partial charge on any atom is -0.361 e. The van der Waals surface area contributed by atoms with E-state index in [9.17, 15) is 14.9 Å². The van der Waals surface area contributed by atoms with Crippen molar-refractivity contribution in [3.05, 3.63) is 94.7 Å². The highest BCUT2D eigenvalue weighted by atomic mass is 32.2. The van der Waals surface area contributed by atoms with Gasteiger partial charge >= 0.3 is 0 Å². The standard InChI is InChI=1S/C21H15N3O3S/c25-21(23-15-5-10-19-14(13-15)11-12-22-19)18-3-1-2-4-20(18)28-17-8-6-16(7-9-17)24(26)27/h1-13,22H,(H,23,25). The molecule has 0 unspecified atom stereocenters. The lowest BCUT2D eigenvalue weighted by Crippen LogP contribution is -2.12. The van der Waals surface area contributed by atoms with Crippen LogP contribution < -0.4 is 5.32 Å². The summed E-state index contributed by atoms with van der Waals surface area (Å²) in [6.45, 7) is 0. The largest absolute Gasteiger partial charge is 0.361 e. The van der Waals surface area contributed by atoms with E-state index in [1.807, 2.05) is 48.7 Å². The van der Waals surface area contributed by atoms with E-state index < -0.39 is 4.92 Å². The van der Waals surface area contributed by atoms with E-state index >= 15 is 0 Å². The monoisotopic (exact) mass is 389 g/mol. The van der Waals surface area contributed by atoms with Crippen molar-refractivity contribution in [2.75, 3.05) is 5.32 Å². The Morgan fingerprint density at radius 1 is 1.00 bits per heavy atom. The number of benzene rings is 3. The summed E-state index contributed by atoms with van der Waals surface area (Å²) in [6.07, 6.45) is 1.85. The van der Waals surface area contributed by atoms with Crippen LogP contribution in [0.2, 0.25) is 0 Å². The van der Waals surface area contributed by atoms with Crippen molar-refractivity contribution in [2.45, 2.75) is 9.79 Å². The maximum Gasteiger partial charge on any atom is 0.269 e. The van der Waals surface area contributed by atoms with E-state index in [1.54, 1.807) is 18.2 Å². The lowest BCUT2D eigenvalue weighted by atomic mass is 10.2. The average molecular weight is 389 g/mol. The molecule has 1 aromatic heterocycles. The van der Waals surface area contributed by atoms with Gasteiger partial charge in [0.1, 0.15) is 0 Å². The molecule has 138 valence electrons. The second kappa shape index (κ2) is 7.58. The number of nitro groups is 1. The number of aromatic amines is 1. The fourth-order valence-electron chi connectivity index (χ4n) is 2.84. The molecule has 0 spiro atoms. The number of anilines is 1. The second-order valence-electron chi connectivity index (χ2n) is 6.08. The first-order valence-corrected chi connectivity index (χ1v) is 9.32. The van der Waals surface area contributed by atoms with Gasteiger partial charge in [-0.3, -0.25) is 14.9 Å². The molecule has 0 radical (unpaired) electrons. The van der Waals surface area contributed by atoms with Gasteiger partial charge in [-0.15, -0.1) is 0 Å². The lowest BCUT2D eigenvalue weighted by molar-refractivity contribution is -0.384. The van der Waals surface area contributed by atoms with Crippen molar-refractivity contribution in [2.24, 2.45) is 0 Å². The number of nitrogens with one attached hydrogen (secondary N) is 2. The zero-order valence-corrected chi connectivity index (χ0v) is 15.4. The van der Waals surface area contributed by atoms with Crippen LogP contribution in [0.15, 0.2) is 88.8 Å². The normalized spacial score (nSPS) is 10.7. The molecule has 0 aliphatic rings. The fraction of sp³-hybridized carbons (Fsp3) is 0. The quantitative estimate of drug-likeness (QED) is 0.349. The number of non-ortho nitro benzene ring substituents is 1. The third-order valence-electron chi connectivity index (χ3n) is 4.22. The van der Waals surface area contributed by atoms with Gasteiger partial charge in [-0.05, 0) is 48.5 Å². The van der Waals surface area contributed by atoms with Crippen LogP contribution >= 0.6 is 11.8 Å². The predicted molar refractivity (Wildman–Crippen MR) is 110 cm³/mol. The Balaban J connectivity index is 1.56. The van der Waals surface area contributed by atoms with Gasteiger partial charge in [0.15, 0.2) is 0 Å². The van der Waals surface area contributed by atoms with Gasteiger partial charge in [0.2, 0.25) is 0 Å². The number of nitrogens with zero attached hydrogens (tertiary/aromatic N) is 1. The van der Waals surface area contributed by atoms with E-state index in [0.717, 1.165) is 20.7 Å². The molecule has 0 aliphatic heterocycles. The van der Waals surface area contributed by atoms with Gasteiger partial charge in [0, 0.05) is 44.7 Å². The summed E-state index contributed by atoms with van der Waals surface area (Å²) in [4.78, 5) is 27.9. The number of rotatable bonds is 5. The highest BCUT2D eigenvalue weighted by Gasteiger charge is 2.13. The molecule has 7 heteroatoms. The van der Waals surface area contributed by atoms with Crippen LogP contribution in [0, 0.1) is 10.1 Å². The number of carbonyl (C=O) groups is 1. The fourth-order valence-corrected chi connectivity index (χ4v) is 3.78. The SMILES string of the molecule is O=C(Nc1ccc2[nH]ccc2c1)c1ccccc1Sc1ccc([N+](=O)[O-])cc1. The molecular formula is C21H15N3O3S. The number of hydrogen-bond donors (Lipinski definition) is 2. The first-order chi connectivity index (χ1) is 13.6. The molecule has 3 aromatic carbocycles. The minimum atomic E-state index is -0.433. The molecule has 0 saturated carbocycles. The second-order valence-corrected chi connectivity index (χ2v) is 7.20. The lowest BCUT2D eigenvalue weighted by Gasteiger charge is -2.10. The average Bonchev–Trinajstić information content (AvgIpc) is 3.16. The molecule has 0 fully saturated rings. The summed E-state index contributed by atoms with van der Waals surface area (Å²) < 4.78 is 0. The highest BCUT2D eigenvalue weighted by Crippen LogP contribution is 2.32. The van der Waals surface area contributed by atoms with Crippen molar-refractivity contribution in [1.29, 1.82) is 0 Å². The van der Waals surface area contributed by atoms with E-state index in [4.69, 9.17) is 0 Å². The van der Waals surface area contributed by atoms with Gasteiger partial charge in [0.25, 0.3) is 11.6 Å². The molecule has 1 amide bonds. The topological polar surface area (TPSA) is 88.0 Å². The van der Waals surface area contributed by atoms with Crippen molar-refractivity contribution in [1.82, 2.24) is 4.98 Å². The first-order valence-electron chi connectivity index (χ1n) is 8.50. The number of hydrogen-bond acceptors (Lipinski definition) is 4. The van der Waals surface area contributed by atoms with Crippen LogP contribution in [0.5, 0.6) is 0 Å². The number of aromatic nitrogens is 1. The van der Waals surface area contributed by atoms with Crippen LogP contribution in [0.25, 0.3) is 10.9 Å². The molecule has 4 rings (SSSR count). The maximum absolute atomic E-state index is 12.8. The number of carbonyl (C=O) groups excluding carboxylic acids is 1. The Bertz CT molecular complexity index is 1170. The van der Waals surface area contributed by atoms with Gasteiger partial charge < -0.3 is 10.3 Å². The van der Waals surface area contributed by atoms with Crippen LogP contribution in [-0.4, -0.2) is 15.8 Å². The Labute approximate surface area is 164 Å². The number of nitro benzene ring substituents is 1. The van der Waals surface area contributed by atoms with E-state index in [2.05, 4.69) is 10.3 Å². The summed E-state index contributed by atoms with van der Waals surface area (Å²) >= 11 is 1.39. The van der Waals surface area contributed by atoms with Crippen molar-refractivity contribution in [3.8, 4) is 0 Å². The third kappa shape index (κ3) is 3.74. The zero-order valence-electron chi connectivity index (χ0n) is 14.6. The summed E-state index contributed by atoms with van der Waals surface area (Å²) in [5.41, 5.74) is 2.30. The molecule has 0 bridgehead atoms. The van der Waals surface area contributed by atoms with Gasteiger partial charge in [-0.25, -0.2) is 0 Å². The van der Waals surface area contributed by atoms with Crippen LogP contribution in [0.1, 0.15) is 10.4 Å². The van der Waals surface area contributed by atoms with Crippen LogP contribution in [0.3, 0.4) is 0 Å². The van der Waals surface area contributed by atoms with E-state index in [0.29, 0.717) is 11.3 Å². The molecule has 1 heterocycles. The summed E-state index contributed by atoms with van der Waals surface area (Å²) in [7, 11) is 0. The highest BCUT2D eigenvalue weighted by molar-refractivity contribution is 7.99. The summed E-state index contributed by atoms with van der Waals surface area (Å²) in [5.74, 6) is -0.208. The minimum absolute atomic E-state index is 0.0375. The summed E-state index contributed by atoms with van der Waals surface area (Å²) in [5, 5.41) is 14.8. The maximum atomic E-state index is 12.8. The molecule has 0 saturated heterocycles. The molecule has 0 aliphatic carbocycles. The predicted octanol–water partition coefficient (Wildman–Crippen LogP) is 5.48. The Hall–Kier alpha value is -3.58. The van der Waals surface area contributed by atoms with Gasteiger partial charge in [-0.2, -0.15) is 0 Å². The number of H-pyrrole nitrogens is 1. The van der Waals surface area contributed by atoms with Crippen molar-refractivity contribution < 1.29 is 9.72 Å². The van der Waals surface area contributed by atoms with Crippen molar-refractivity contribution in [3.63, 3.8) is 0 Å². The van der Waals surface area contributed by atoms with E-state index in [-0.39, 0.29) is 11.6 Å². The number of fused-ring (bicyclic) bond motifs is 1. The van der Waals surface area contributed by atoms with E-state index in [1.165, 1.54) is 23.9 Å². The molecule has 4 aromatic rings. The van der Waals surface area contributed by atoms with Gasteiger partial charge in [0.05, 0.1) is 10.5 Å². The molecule has 0 atom stereocenters. The Morgan fingerprint density at radius 2 is 1.79 bits per heavy atom. The zero-order chi connectivity index (χ0) is 19.5. The Kier molecular flexibility index (Phi) is 4.82. The molecular weight excluding hydrogens is 374 g/mol.